The van der Waals surface area contributed by atoms with Crippen LogP contribution >= 0.6 is 46.4 Å². The van der Waals surface area contributed by atoms with Crippen LogP contribution in [0, 0.1) is 5.82 Å². The second-order valence-electron chi connectivity index (χ2n) is 4.35. The van der Waals surface area contributed by atoms with E-state index >= 15 is 0 Å². The van der Waals surface area contributed by atoms with Crippen LogP contribution in [0.1, 0.15) is 5.82 Å². The van der Waals surface area contributed by atoms with E-state index < -0.39 is 5.82 Å². The van der Waals surface area contributed by atoms with Crippen molar-refractivity contribution in [3.05, 3.63) is 57.0 Å². The molecule has 3 aromatic rings. The summed E-state index contributed by atoms with van der Waals surface area (Å²) in [5.74, 6) is 0.201. The Morgan fingerprint density at radius 3 is 2.43 bits per heavy atom. The van der Waals surface area contributed by atoms with E-state index in [9.17, 15) is 4.39 Å². The number of hydrogen-bond donors (Lipinski definition) is 0. The Morgan fingerprint density at radius 2 is 1.76 bits per heavy atom. The van der Waals surface area contributed by atoms with E-state index in [0.29, 0.717) is 32.6 Å². The Morgan fingerprint density at radius 1 is 1.00 bits per heavy atom. The maximum atomic E-state index is 13.7. The molecular formula is C14H7Cl4FN2. The van der Waals surface area contributed by atoms with Gasteiger partial charge >= 0.3 is 0 Å². The third-order valence-corrected chi connectivity index (χ3v) is 4.31. The molecule has 0 radical (unpaired) electrons. The fraction of sp³-hybridized carbons (Fsp3) is 0.0714. The number of imidazole rings is 1. The Balaban J connectivity index is 2.34. The van der Waals surface area contributed by atoms with Gasteiger partial charge in [0.25, 0.3) is 0 Å². The van der Waals surface area contributed by atoms with Crippen LogP contribution in [-0.2, 0) is 5.88 Å². The predicted molar refractivity (Wildman–Crippen MR) is 85.6 cm³/mol. The van der Waals surface area contributed by atoms with Crippen LogP contribution in [0.15, 0.2) is 30.3 Å². The normalized spacial score (nSPS) is 11.3. The van der Waals surface area contributed by atoms with Gasteiger partial charge in [0.1, 0.15) is 11.6 Å². The highest BCUT2D eigenvalue weighted by atomic mass is 35.5. The van der Waals surface area contributed by atoms with E-state index in [1.807, 2.05) is 0 Å². The molecule has 0 amide bonds. The number of halogens is 5. The molecule has 1 aromatic heterocycles. The van der Waals surface area contributed by atoms with Crippen molar-refractivity contribution in [3.8, 4) is 5.69 Å². The zero-order valence-corrected chi connectivity index (χ0v) is 13.4. The molecular weight excluding hydrogens is 357 g/mol. The van der Waals surface area contributed by atoms with E-state index in [1.165, 1.54) is 12.1 Å². The van der Waals surface area contributed by atoms with Gasteiger partial charge in [-0.15, -0.1) is 11.6 Å². The summed E-state index contributed by atoms with van der Waals surface area (Å²) >= 11 is 23.7. The Bertz CT molecular complexity index is 845. The number of benzene rings is 2. The molecule has 0 aliphatic rings. The molecule has 0 spiro atoms. The van der Waals surface area contributed by atoms with E-state index in [4.69, 9.17) is 46.4 Å². The Labute approximate surface area is 140 Å². The lowest BCUT2D eigenvalue weighted by atomic mass is 10.2. The fourth-order valence-electron chi connectivity index (χ4n) is 2.12. The monoisotopic (exact) mass is 362 g/mol. The topological polar surface area (TPSA) is 17.8 Å². The second kappa shape index (κ2) is 5.65. The molecule has 0 fully saturated rings. The van der Waals surface area contributed by atoms with Crippen molar-refractivity contribution in [2.24, 2.45) is 0 Å². The molecule has 0 aliphatic carbocycles. The average molecular weight is 364 g/mol. The maximum absolute atomic E-state index is 13.7. The summed E-state index contributed by atoms with van der Waals surface area (Å²) in [6, 6.07) is 7.89. The lowest BCUT2D eigenvalue weighted by molar-refractivity contribution is 0.629. The van der Waals surface area contributed by atoms with Crippen molar-refractivity contribution in [1.29, 1.82) is 0 Å². The minimum absolute atomic E-state index is 0.0161. The molecule has 21 heavy (non-hydrogen) atoms. The minimum Gasteiger partial charge on any atom is -0.295 e. The van der Waals surface area contributed by atoms with Crippen LogP contribution in [-0.4, -0.2) is 9.55 Å². The van der Waals surface area contributed by atoms with E-state index in [1.54, 1.807) is 22.8 Å². The van der Waals surface area contributed by atoms with Gasteiger partial charge in [-0.25, -0.2) is 9.37 Å². The molecule has 0 unspecified atom stereocenters. The predicted octanol–water partition coefficient (Wildman–Crippen LogP) is 5.86. The maximum Gasteiger partial charge on any atom is 0.144 e. The smallest absolute Gasteiger partial charge is 0.144 e. The molecule has 0 aliphatic heterocycles. The van der Waals surface area contributed by atoms with Gasteiger partial charge in [-0.3, -0.25) is 4.57 Å². The lowest BCUT2D eigenvalue weighted by Crippen LogP contribution is -1.99. The third kappa shape index (κ3) is 2.59. The SMILES string of the molecule is Fc1cc2c(cc1Cl)nc(CCl)n2-c1ccc(Cl)c(Cl)c1. The molecule has 0 saturated heterocycles. The molecule has 2 aromatic carbocycles. The highest BCUT2D eigenvalue weighted by Gasteiger charge is 2.15. The molecule has 0 bridgehead atoms. The van der Waals surface area contributed by atoms with Crippen LogP contribution in [0.25, 0.3) is 16.7 Å². The summed E-state index contributed by atoms with van der Waals surface area (Å²) in [6.45, 7) is 0. The summed E-state index contributed by atoms with van der Waals surface area (Å²) in [5, 5.41) is 0.847. The van der Waals surface area contributed by atoms with Crippen molar-refractivity contribution >= 4 is 57.4 Å². The number of aromatic nitrogens is 2. The number of rotatable bonds is 2. The van der Waals surface area contributed by atoms with Gasteiger partial charge in [0.2, 0.25) is 0 Å². The average Bonchev–Trinajstić information content (AvgIpc) is 2.80. The first-order valence-electron chi connectivity index (χ1n) is 5.89. The van der Waals surface area contributed by atoms with Gasteiger partial charge in [-0.1, -0.05) is 34.8 Å². The summed E-state index contributed by atoms with van der Waals surface area (Å²) < 4.78 is 15.5. The molecule has 0 atom stereocenters. The van der Waals surface area contributed by atoms with Gasteiger partial charge in [0.15, 0.2) is 0 Å². The van der Waals surface area contributed by atoms with Crippen molar-refractivity contribution in [1.82, 2.24) is 9.55 Å². The van der Waals surface area contributed by atoms with Crippen LogP contribution in [0.5, 0.6) is 0 Å². The standard InChI is InChI=1S/C14H7Cl4FN2/c15-6-14-20-12-4-10(18)11(19)5-13(12)21(14)7-1-2-8(16)9(17)3-7/h1-5H,6H2. The van der Waals surface area contributed by atoms with Crippen LogP contribution in [0.4, 0.5) is 4.39 Å². The Hall–Kier alpha value is -1.000. The Kier molecular flexibility index (Phi) is 4.02. The zero-order chi connectivity index (χ0) is 15.1. The van der Waals surface area contributed by atoms with E-state index in [-0.39, 0.29) is 10.9 Å². The quantitative estimate of drug-likeness (QED) is 0.521. The van der Waals surface area contributed by atoms with Crippen molar-refractivity contribution in [2.75, 3.05) is 0 Å². The molecule has 1 heterocycles. The molecule has 2 nitrogen and oxygen atoms in total. The van der Waals surface area contributed by atoms with Crippen LogP contribution < -0.4 is 0 Å². The molecule has 3 rings (SSSR count). The fourth-order valence-corrected chi connectivity index (χ4v) is 2.75. The van der Waals surface area contributed by atoms with E-state index in [0.717, 1.165) is 0 Å². The second-order valence-corrected chi connectivity index (χ2v) is 5.84. The number of hydrogen-bond acceptors (Lipinski definition) is 1. The largest absolute Gasteiger partial charge is 0.295 e. The highest BCUT2D eigenvalue weighted by Crippen LogP contribution is 2.30. The summed E-state index contributed by atoms with van der Waals surface area (Å²) in [7, 11) is 0. The molecule has 0 N–H and O–H groups in total. The van der Waals surface area contributed by atoms with Gasteiger partial charge in [0, 0.05) is 11.8 Å². The zero-order valence-electron chi connectivity index (χ0n) is 10.4. The van der Waals surface area contributed by atoms with Gasteiger partial charge < -0.3 is 0 Å². The number of alkyl halides is 1. The van der Waals surface area contributed by atoms with Crippen molar-refractivity contribution in [3.63, 3.8) is 0 Å². The third-order valence-electron chi connectivity index (χ3n) is 3.05. The van der Waals surface area contributed by atoms with Crippen LogP contribution in [0.2, 0.25) is 15.1 Å². The van der Waals surface area contributed by atoms with Gasteiger partial charge in [-0.05, 0) is 24.3 Å². The first-order chi connectivity index (χ1) is 10.0. The molecule has 108 valence electrons. The lowest BCUT2D eigenvalue weighted by Gasteiger charge is -2.09. The summed E-state index contributed by atoms with van der Waals surface area (Å²) in [4.78, 5) is 4.37. The van der Waals surface area contributed by atoms with Crippen molar-refractivity contribution in [2.45, 2.75) is 5.88 Å². The number of nitrogens with zero attached hydrogens (tertiary/aromatic N) is 2. The number of fused-ring (bicyclic) bond motifs is 1. The minimum atomic E-state index is -0.522. The van der Waals surface area contributed by atoms with Gasteiger partial charge in [0.05, 0.1) is 32.0 Å². The molecule has 0 saturated carbocycles. The first-order valence-corrected chi connectivity index (χ1v) is 7.56. The molecule has 7 heteroatoms. The summed E-state index contributed by atoms with van der Waals surface area (Å²) in [5.41, 5.74) is 1.82. The van der Waals surface area contributed by atoms with E-state index in [2.05, 4.69) is 4.98 Å². The first kappa shape index (κ1) is 14.9. The van der Waals surface area contributed by atoms with Crippen LogP contribution in [0.3, 0.4) is 0 Å². The van der Waals surface area contributed by atoms with Gasteiger partial charge in [-0.2, -0.15) is 0 Å². The highest BCUT2D eigenvalue weighted by molar-refractivity contribution is 6.42. The van der Waals surface area contributed by atoms with Crippen molar-refractivity contribution < 1.29 is 4.39 Å². The summed E-state index contributed by atoms with van der Waals surface area (Å²) in [6.07, 6.45) is 0.